The highest BCUT2D eigenvalue weighted by Gasteiger charge is 2.18. The Morgan fingerprint density at radius 1 is 1.27 bits per heavy atom. The van der Waals surface area contributed by atoms with E-state index in [1.165, 1.54) is 11.3 Å². The predicted octanol–water partition coefficient (Wildman–Crippen LogP) is 3.29. The number of rotatable bonds is 8. The molecule has 1 saturated heterocycles. The van der Waals surface area contributed by atoms with Crippen molar-refractivity contribution in [2.24, 2.45) is 0 Å². The highest BCUT2D eigenvalue weighted by Crippen LogP contribution is 2.30. The monoisotopic (exact) mass is 465 g/mol. The van der Waals surface area contributed by atoms with Gasteiger partial charge in [-0.05, 0) is 48.4 Å². The van der Waals surface area contributed by atoms with E-state index < -0.39 is 0 Å². The van der Waals surface area contributed by atoms with E-state index in [1.807, 2.05) is 31.2 Å². The number of amides is 2. The summed E-state index contributed by atoms with van der Waals surface area (Å²) in [6.07, 6.45) is 4.20. The Morgan fingerprint density at radius 2 is 2.09 bits per heavy atom. The number of pyridine rings is 1. The van der Waals surface area contributed by atoms with Crippen LogP contribution in [0.15, 0.2) is 48.8 Å². The first-order chi connectivity index (χ1) is 16.1. The number of nitrogens with one attached hydrogen (secondary N) is 2. The number of anilines is 3. The van der Waals surface area contributed by atoms with Gasteiger partial charge in [-0.25, -0.2) is 0 Å². The topological polar surface area (TPSA) is 86.8 Å². The third-order valence-electron chi connectivity index (χ3n) is 5.62. The Labute approximate surface area is 197 Å². The standard InChI is InChI=1S/C24H27N5O3S/c1-17-13-19(32-2)4-3-18(17)15-29(16-30)23-6-5-22(33-23)24(31)27-20-14-26-8-7-21(20)28-11-9-25-10-12-28/h3-8,13-14,16,25H,9-12,15H2,1-2H3,(H,27,31). The maximum atomic E-state index is 13.0. The molecule has 0 unspecified atom stereocenters. The van der Waals surface area contributed by atoms with Gasteiger partial charge in [0.15, 0.2) is 0 Å². The van der Waals surface area contributed by atoms with Gasteiger partial charge in [-0.1, -0.05) is 6.07 Å². The molecule has 2 aromatic heterocycles. The van der Waals surface area contributed by atoms with E-state index in [-0.39, 0.29) is 5.91 Å². The zero-order valence-electron chi connectivity index (χ0n) is 18.7. The van der Waals surface area contributed by atoms with Gasteiger partial charge in [-0.15, -0.1) is 11.3 Å². The molecule has 4 rings (SSSR count). The summed E-state index contributed by atoms with van der Waals surface area (Å²) in [5.41, 5.74) is 3.69. The maximum absolute atomic E-state index is 13.0. The summed E-state index contributed by atoms with van der Waals surface area (Å²) in [6.45, 7) is 5.94. The third kappa shape index (κ3) is 5.32. The highest BCUT2D eigenvalue weighted by atomic mass is 32.1. The number of hydrogen-bond donors (Lipinski definition) is 2. The molecule has 3 aromatic rings. The Hall–Kier alpha value is -3.43. The van der Waals surface area contributed by atoms with Gasteiger partial charge in [0.25, 0.3) is 5.91 Å². The normalized spacial score (nSPS) is 13.5. The Balaban J connectivity index is 1.48. The fourth-order valence-corrected chi connectivity index (χ4v) is 4.64. The predicted molar refractivity (Wildman–Crippen MR) is 132 cm³/mol. The summed E-state index contributed by atoms with van der Waals surface area (Å²) < 4.78 is 5.26. The van der Waals surface area contributed by atoms with Gasteiger partial charge >= 0.3 is 0 Å². The summed E-state index contributed by atoms with van der Waals surface area (Å²) >= 11 is 1.28. The molecule has 0 radical (unpaired) electrons. The summed E-state index contributed by atoms with van der Waals surface area (Å²) in [5, 5.41) is 7.03. The molecule has 0 bridgehead atoms. The molecule has 9 heteroatoms. The molecule has 1 fully saturated rings. The molecule has 172 valence electrons. The van der Waals surface area contributed by atoms with Crippen LogP contribution in [0.4, 0.5) is 16.4 Å². The van der Waals surface area contributed by atoms with Gasteiger partial charge < -0.3 is 25.2 Å². The minimum Gasteiger partial charge on any atom is -0.497 e. The molecule has 8 nitrogen and oxygen atoms in total. The first-order valence-electron chi connectivity index (χ1n) is 10.8. The van der Waals surface area contributed by atoms with Crippen LogP contribution in [0.3, 0.4) is 0 Å². The van der Waals surface area contributed by atoms with Crippen molar-refractivity contribution in [3.05, 3.63) is 64.8 Å². The molecule has 2 amide bonds. The number of nitrogens with zero attached hydrogens (tertiary/aromatic N) is 3. The number of methoxy groups -OCH3 is 1. The van der Waals surface area contributed by atoms with Crippen molar-refractivity contribution in [1.82, 2.24) is 10.3 Å². The average Bonchev–Trinajstić information content (AvgIpc) is 3.34. The molecule has 0 aliphatic carbocycles. The molecular formula is C24H27N5O3S. The molecule has 3 heterocycles. The minimum atomic E-state index is -0.220. The minimum absolute atomic E-state index is 0.220. The van der Waals surface area contributed by atoms with Crippen molar-refractivity contribution in [2.45, 2.75) is 13.5 Å². The second-order valence-electron chi connectivity index (χ2n) is 7.75. The lowest BCUT2D eigenvalue weighted by Gasteiger charge is -2.30. The molecule has 1 aromatic carbocycles. The van der Waals surface area contributed by atoms with E-state index in [0.29, 0.717) is 22.1 Å². The Morgan fingerprint density at radius 3 is 2.82 bits per heavy atom. The fourth-order valence-electron chi connectivity index (χ4n) is 3.78. The summed E-state index contributed by atoms with van der Waals surface area (Å²) in [5.74, 6) is 0.557. The quantitative estimate of drug-likeness (QED) is 0.497. The third-order valence-corrected chi connectivity index (χ3v) is 6.74. The molecule has 2 N–H and O–H groups in total. The van der Waals surface area contributed by atoms with Crippen molar-refractivity contribution in [3.63, 3.8) is 0 Å². The number of ether oxygens (including phenoxy) is 1. The van der Waals surface area contributed by atoms with E-state index >= 15 is 0 Å². The molecule has 33 heavy (non-hydrogen) atoms. The first kappa shape index (κ1) is 22.8. The number of hydrogen-bond acceptors (Lipinski definition) is 7. The Kier molecular flexibility index (Phi) is 7.21. The van der Waals surface area contributed by atoms with E-state index in [2.05, 4.69) is 20.5 Å². The number of aromatic nitrogens is 1. The summed E-state index contributed by atoms with van der Waals surface area (Å²) in [7, 11) is 1.63. The lowest BCUT2D eigenvalue weighted by Crippen LogP contribution is -2.43. The van der Waals surface area contributed by atoms with E-state index in [9.17, 15) is 9.59 Å². The van der Waals surface area contributed by atoms with E-state index in [0.717, 1.165) is 55.2 Å². The van der Waals surface area contributed by atoms with Gasteiger partial charge in [0.2, 0.25) is 6.41 Å². The largest absolute Gasteiger partial charge is 0.497 e. The van der Waals surface area contributed by atoms with Crippen molar-refractivity contribution in [3.8, 4) is 5.75 Å². The molecule has 0 spiro atoms. The van der Waals surface area contributed by atoms with Crippen LogP contribution in [0.2, 0.25) is 0 Å². The number of carbonyl (C=O) groups is 2. The van der Waals surface area contributed by atoms with Crippen molar-refractivity contribution in [2.75, 3.05) is 48.4 Å². The Bertz CT molecular complexity index is 1130. The maximum Gasteiger partial charge on any atom is 0.265 e. The van der Waals surface area contributed by atoms with Crippen molar-refractivity contribution < 1.29 is 14.3 Å². The fraction of sp³-hybridized carbons (Fsp3) is 0.292. The lowest BCUT2D eigenvalue weighted by molar-refractivity contribution is -0.107. The number of carbonyl (C=O) groups excluding carboxylic acids is 2. The SMILES string of the molecule is COc1ccc(CN(C=O)c2ccc(C(=O)Nc3cnccc3N3CCNCC3)s2)c(C)c1. The number of aryl methyl sites for hydroxylation is 1. The van der Waals surface area contributed by atoms with Gasteiger partial charge in [-0.3, -0.25) is 14.6 Å². The number of piperazine rings is 1. The van der Waals surface area contributed by atoms with Crippen molar-refractivity contribution >= 4 is 40.0 Å². The average molecular weight is 466 g/mol. The van der Waals surface area contributed by atoms with Crippen LogP contribution in [0.25, 0.3) is 0 Å². The van der Waals surface area contributed by atoms with Crippen molar-refractivity contribution in [1.29, 1.82) is 0 Å². The van der Waals surface area contributed by atoms with E-state index in [1.54, 1.807) is 36.5 Å². The highest BCUT2D eigenvalue weighted by molar-refractivity contribution is 7.18. The number of thiophene rings is 1. The molecular weight excluding hydrogens is 438 g/mol. The second-order valence-corrected chi connectivity index (χ2v) is 8.81. The molecule has 1 aliphatic rings. The van der Waals surface area contributed by atoms with Gasteiger partial charge in [-0.2, -0.15) is 0 Å². The van der Waals surface area contributed by atoms with Crippen LogP contribution in [0, 0.1) is 6.92 Å². The summed E-state index contributed by atoms with van der Waals surface area (Å²) in [4.78, 5) is 33.3. The van der Waals surface area contributed by atoms with Gasteiger partial charge in [0, 0.05) is 32.4 Å². The molecule has 1 aliphatic heterocycles. The smallest absolute Gasteiger partial charge is 0.265 e. The van der Waals surface area contributed by atoms with Crippen LogP contribution in [0.5, 0.6) is 5.75 Å². The van der Waals surface area contributed by atoms with Crippen LogP contribution < -0.4 is 25.2 Å². The first-order valence-corrected chi connectivity index (χ1v) is 11.6. The summed E-state index contributed by atoms with van der Waals surface area (Å²) in [6, 6.07) is 11.2. The molecule has 0 saturated carbocycles. The van der Waals surface area contributed by atoms with Crippen LogP contribution in [0.1, 0.15) is 20.8 Å². The zero-order chi connectivity index (χ0) is 23.2. The van der Waals surface area contributed by atoms with Crippen LogP contribution in [-0.4, -0.2) is 50.6 Å². The van der Waals surface area contributed by atoms with Gasteiger partial charge in [0.05, 0.1) is 41.1 Å². The van der Waals surface area contributed by atoms with Crippen LogP contribution >= 0.6 is 11.3 Å². The molecule has 0 atom stereocenters. The lowest BCUT2D eigenvalue weighted by atomic mass is 10.1. The van der Waals surface area contributed by atoms with E-state index in [4.69, 9.17) is 4.74 Å². The zero-order valence-corrected chi connectivity index (χ0v) is 19.5. The van der Waals surface area contributed by atoms with Crippen LogP contribution in [-0.2, 0) is 11.3 Å². The second kappa shape index (κ2) is 10.5. The number of benzene rings is 1. The van der Waals surface area contributed by atoms with Gasteiger partial charge in [0.1, 0.15) is 5.75 Å².